The monoisotopic (exact) mass is 491 g/mol. The average molecular weight is 492 g/mol. The van der Waals surface area contributed by atoms with E-state index in [1.165, 1.54) is 0 Å². The Kier molecular flexibility index (Phi) is 7.21. The largest absolute Gasteiger partial charge is 0.343 e. The van der Waals surface area contributed by atoms with Crippen LogP contribution in [0.4, 0.5) is 5.69 Å². The molecular weight excluding hydrogens is 462 g/mol. The first kappa shape index (κ1) is 24.5. The van der Waals surface area contributed by atoms with Crippen LogP contribution in [-0.2, 0) is 14.8 Å². The predicted molar refractivity (Wildman–Crippen MR) is 136 cm³/mol. The van der Waals surface area contributed by atoms with Crippen molar-refractivity contribution in [1.29, 1.82) is 0 Å². The standard InChI is InChI=1S/C27H29N3O4S/c1-19-10-11-20(2)25(17-19)35(33,34)29-23-14-12-22(13-15-23)27(32)28-24(21-7-4-3-5-8-21)18-30-16-6-9-26(30)31/h3-5,7-8,10-15,17,24,29H,6,9,16,18H2,1-2H3,(H,28,32). The number of likely N-dealkylation sites (tertiary alicyclic amines) is 1. The SMILES string of the molecule is Cc1ccc(C)c(S(=O)(=O)Nc2ccc(C(=O)NC(CN3CCCC3=O)c3ccccc3)cc2)c1. The first-order valence-electron chi connectivity index (χ1n) is 11.6. The summed E-state index contributed by atoms with van der Waals surface area (Å²) in [6.07, 6.45) is 1.36. The van der Waals surface area contributed by atoms with Gasteiger partial charge in [-0.2, -0.15) is 0 Å². The van der Waals surface area contributed by atoms with Crippen LogP contribution in [0.25, 0.3) is 0 Å². The number of aryl methyl sites for hydroxylation is 2. The molecule has 0 radical (unpaired) electrons. The van der Waals surface area contributed by atoms with Crippen molar-refractivity contribution >= 4 is 27.5 Å². The normalized spacial score (nSPS) is 14.6. The molecule has 3 aromatic carbocycles. The van der Waals surface area contributed by atoms with Crippen molar-refractivity contribution in [3.05, 3.63) is 95.1 Å². The van der Waals surface area contributed by atoms with Crippen LogP contribution in [-0.4, -0.2) is 38.2 Å². The van der Waals surface area contributed by atoms with Gasteiger partial charge in [0.15, 0.2) is 0 Å². The maximum Gasteiger partial charge on any atom is 0.262 e. The van der Waals surface area contributed by atoms with Crippen LogP contribution in [0.2, 0.25) is 0 Å². The third-order valence-electron chi connectivity index (χ3n) is 6.11. The molecule has 1 unspecified atom stereocenters. The van der Waals surface area contributed by atoms with E-state index in [2.05, 4.69) is 10.0 Å². The Morgan fingerprint density at radius 3 is 2.37 bits per heavy atom. The van der Waals surface area contributed by atoms with Gasteiger partial charge in [-0.1, -0.05) is 42.5 Å². The van der Waals surface area contributed by atoms with Gasteiger partial charge in [-0.25, -0.2) is 8.42 Å². The van der Waals surface area contributed by atoms with Gasteiger partial charge in [-0.15, -0.1) is 0 Å². The number of anilines is 1. The molecule has 1 aliphatic heterocycles. The van der Waals surface area contributed by atoms with E-state index in [0.29, 0.717) is 36.3 Å². The molecule has 0 bridgehead atoms. The maximum atomic E-state index is 13.0. The molecule has 1 atom stereocenters. The molecule has 182 valence electrons. The van der Waals surface area contributed by atoms with Crippen molar-refractivity contribution in [3.8, 4) is 0 Å². The lowest BCUT2D eigenvalue weighted by atomic mass is 10.1. The van der Waals surface area contributed by atoms with E-state index in [9.17, 15) is 18.0 Å². The number of benzene rings is 3. The summed E-state index contributed by atoms with van der Waals surface area (Å²) in [6.45, 7) is 4.68. The highest BCUT2D eigenvalue weighted by molar-refractivity contribution is 7.92. The van der Waals surface area contributed by atoms with Crippen molar-refractivity contribution in [2.75, 3.05) is 17.8 Å². The predicted octanol–water partition coefficient (Wildman–Crippen LogP) is 4.20. The summed E-state index contributed by atoms with van der Waals surface area (Å²) in [6, 6.07) is 20.8. The third-order valence-corrected chi connectivity index (χ3v) is 7.64. The van der Waals surface area contributed by atoms with E-state index >= 15 is 0 Å². The molecule has 1 heterocycles. The van der Waals surface area contributed by atoms with Gasteiger partial charge in [-0.3, -0.25) is 14.3 Å². The molecule has 7 nitrogen and oxygen atoms in total. The molecule has 2 amide bonds. The number of nitrogens with one attached hydrogen (secondary N) is 2. The smallest absolute Gasteiger partial charge is 0.262 e. The van der Waals surface area contributed by atoms with Crippen molar-refractivity contribution in [2.24, 2.45) is 0 Å². The van der Waals surface area contributed by atoms with E-state index in [1.807, 2.05) is 43.3 Å². The Labute approximate surface area is 206 Å². The van der Waals surface area contributed by atoms with Gasteiger partial charge in [0, 0.05) is 30.8 Å². The van der Waals surface area contributed by atoms with Crippen LogP contribution < -0.4 is 10.0 Å². The zero-order valence-corrected chi connectivity index (χ0v) is 20.6. The summed E-state index contributed by atoms with van der Waals surface area (Å²) < 4.78 is 28.3. The van der Waals surface area contributed by atoms with Crippen LogP contribution >= 0.6 is 0 Å². The average Bonchev–Trinajstić information content (AvgIpc) is 3.25. The second-order valence-corrected chi connectivity index (χ2v) is 10.5. The minimum atomic E-state index is -3.76. The Bertz CT molecular complexity index is 1320. The fourth-order valence-electron chi connectivity index (χ4n) is 4.18. The quantitative estimate of drug-likeness (QED) is 0.494. The molecule has 0 saturated carbocycles. The number of hydrogen-bond donors (Lipinski definition) is 2. The zero-order chi connectivity index (χ0) is 25.0. The van der Waals surface area contributed by atoms with Crippen LogP contribution in [0.5, 0.6) is 0 Å². The van der Waals surface area contributed by atoms with Crippen molar-refractivity contribution < 1.29 is 18.0 Å². The molecule has 0 aromatic heterocycles. The Balaban J connectivity index is 1.48. The molecule has 0 spiro atoms. The van der Waals surface area contributed by atoms with Gasteiger partial charge in [0.25, 0.3) is 15.9 Å². The number of hydrogen-bond acceptors (Lipinski definition) is 4. The minimum Gasteiger partial charge on any atom is -0.343 e. The first-order valence-corrected chi connectivity index (χ1v) is 13.0. The van der Waals surface area contributed by atoms with Crippen molar-refractivity contribution in [2.45, 2.75) is 37.6 Å². The molecule has 35 heavy (non-hydrogen) atoms. The Morgan fingerprint density at radius 1 is 1.00 bits per heavy atom. The van der Waals surface area contributed by atoms with Gasteiger partial charge in [-0.05, 0) is 67.3 Å². The van der Waals surface area contributed by atoms with Gasteiger partial charge in [0.2, 0.25) is 5.91 Å². The van der Waals surface area contributed by atoms with Crippen molar-refractivity contribution in [3.63, 3.8) is 0 Å². The second-order valence-electron chi connectivity index (χ2n) is 8.83. The molecule has 3 aromatic rings. The second kappa shape index (κ2) is 10.3. The molecule has 4 rings (SSSR count). The van der Waals surface area contributed by atoms with Crippen LogP contribution in [0.3, 0.4) is 0 Å². The van der Waals surface area contributed by atoms with Crippen molar-refractivity contribution in [1.82, 2.24) is 10.2 Å². The first-order chi connectivity index (χ1) is 16.7. The number of nitrogens with zero attached hydrogens (tertiary/aromatic N) is 1. The Morgan fingerprint density at radius 2 is 1.71 bits per heavy atom. The zero-order valence-electron chi connectivity index (χ0n) is 19.8. The Hall–Kier alpha value is -3.65. The van der Waals surface area contributed by atoms with Gasteiger partial charge >= 0.3 is 0 Å². The van der Waals surface area contributed by atoms with Crippen LogP contribution in [0.15, 0.2) is 77.7 Å². The lowest BCUT2D eigenvalue weighted by Crippen LogP contribution is -2.38. The third kappa shape index (κ3) is 5.89. The summed E-state index contributed by atoms with van der Waals surface area (Å²) in [4.78, 5) is 27.2. The highest BCUT2D eigenvalue weighted by atomic mass is 32.2. The lowest BCUT2D eigenvalue weighted by molar-refractivity contribution is -0.128. The number of carbonyl (C=O) groups is 2. The van der Waals surface area contributed by atoms with Crippen LogP contribution in [0.1, 0.15) is 45.9 Å². The topological polar surface area (TPSA) is 95.6 Å². The summed E-state index contributed by atoms with van der Waals surface area (Å²) in [7, 11) is -3.76. The molecule has 0 aliphatic carbocycles. The van der Waals surface area contributed by atoms with Gasteiger partial charge in [0.1, 0.15) is 0 Å². The highest BCUT2D eigenvalue weighted by Crippen LogP contribution is 2.22. The van der Waals surface area contributed by atoms with Crippen LogP contribution in [0, 0.1) is 13.8 Å². The number of amides is 2. The summed E-state index contributed by atoms with van der Waals surface area (Å²) >= 11 is 0. The molecule has 2 N–H and O–H groups in total. The van der Waals surface area contributed by atoms with E-state index < -0.39 is 10.0 Å². The minimum absolute atomic E-state index is 0.0978. The fraction of sp³-hybridized carbons (Fsp3) is 0.259. The number of sulfonamides is 1. The van der Waals surface area contributed by atoms with E-state index in [-0.39, 0.29) is 22.8 Å². The molecule has 1 saturated heterocycles. The van der Waals surface area contributed by atoms with Gasteiger partial charge < -0.3 is 10.2 Å². The fourth-order valence-corrected chi connectivity index (χ4v) is 5.56. The van der Waals surface area contributed by atoms with E-state index in [4.69, 9.17) is 0 Å². The maximum absolute atomic E-state index is 13.0. The lowest BCUT2D eigenvalue weighted by Gasteiger charge is -2.25. The van der Waals surface area contributed by atoms with E-state index in [0.717, 1.165) is 17.5 Å². The van der Waals surface area contributed by atoms with E-state index in [1.54, 1.807) is 48.2 Å². The summed E-state index contributed by atoms with van der Waals surface area (Å²) in [5.74, 6) is -0.199. The number of carbonyl (C=O) groups excluding carboxylic acids is 2. The van der Waals surface area contributed by atoms with Gasteiger partial charge in [0.05, 0.1) is 10.9 Å². The molecule has 1 aliphatic rings. The summed E-state index contributed by atoms with van der Waals surface area (Å²) in [5, 5.41) is 3.03. The summed E-state index contributed by atoms with van der Waals surface area (Å²) in [5.41, 5.74) is 3.19. The number of rotatable bonds is 8. The molecule has 8 heteroatoms. The highest BCUT2D eigenvalue weighted by Gasteiger charge is 2.25. The molecule has 1 fully saturated rings. The molecular formula is C27H29N3O4S.